The number of thioether (sulfide) groups is 1. The molecule has 0 saturated carbocycles. The summed E-state index contributed by atoms with van der Waals surface area (Å²) in [6, 6.07) is 7.52. The van der Waals surface area contributed by atoms with Crippen molar-refractivity contribution in [1.82, 2.24) is 4.90 Å². The second-order valence-corrected chi connectivity index (χ2v) is 7.09. The topological polar surface area (TPSA) is 114 Å². The Morgan fingerprint density at radius 3 is 2.68 bits per heavy atom. The third-order valence-electron chi connectivity index (χ3n) is 3.78. The number of nitro benzene ring substituents is 1. The summed E-state index contributed by atoms with van der Waals surface area (Å²) in [5, 5.41) is 19.5. The predicted octanol–water partition coefficient (Wildman–Crippen LogP) is 2.87. The molecule has 0 spiro atoms. The number of nitro groups is 1. The average molecular weight is 363 g/mol. The van der Waals surface area contributed by atoms with Gasteiger partial charge in [-0.05, 0) is 24.1 Å². The molecule has 2 atom stereocenters. The van der Waals surface area contributed by atoms with Gasteiger partial charge in [-0.25, -0.2) is 4.79 Å². The van der Waals surface area contributed by atoms with E-state index in [0.717, 1.165) is 0 Å². The number of amides is 1. The van der Waals surface area contributed by atoms with Gasteiger partial charge in [-0.15, -0.1) is 0 Å². The summed E-state index contributed by atoms with van der Waals surface area (Å²) in [6.07, 6.45) is 0.205. The maximum Gasteiger partial charge on any atom is 0.410 e. The van der Waals surface area contributed by atoms with Crippen LogP contribution in [-0.2, 0) is 16.1 Å². The first-order chi connectivity index (χ1) is 11.9. The van der Waals surface area contributed by atoms with Gasteiger partial charge in [0.1, 0.15) is 6.61 Å². The number of nitriles is 1. The maximum atomic E-state index is 12.3. The summed E-state index contributed by atoms with van der Waals surface area (Å²) in [6.45, 7) is 1.81. The van der Waals surface area contributed by atoms with E-state index in [0.29, 0.717) is 18.5 Å². The van der Waals surface area contributed by atoms with Gasteiger partial charge in [-0.1, -0.05) is 11.8 Å². The third-order valence-corrected chi connectivity index (χ3v) is 4.79. The molecular formula is C16H17N3O5S. The number of hydrogen-bond acceptors (Lipinski definition) is 7. The molecule has 2 rings (SSSR count). The van der Waals surface area contributed by atoms with Crippen molar-refractivity contribution in [3.63, 3.8) is 0 Å². The molecule has 132 valence electrons. The molecule has 1 aliphatic rings. The molecule has 9 heteroatoms. The first-order valence-electron chi connectivity index (χ1n) is 7.61. The van der Waals surface area contributed by atoms with E-state index >= 15 is 0 Å². The Balaban J connectivity index is 1.94. The number of rotatable bonds is 5. The van der Waals surface area contributed by atoms with Gasteiger partial charge in [0.25, 0.3) is 5.69 Å². The van der Waals surface area contributed by atoms with Gasteiger partial charge in [0, 0.05) is 36.9 Å². The van der Waals surface area contributed by atoms with Gasteiger partial charge in [0.2, 0.25) is 0 Å². The second kappa shape index (κ2) is 8.48. The lowest BCUT2D eigenvalue weighted by Gasteiger charge is -2.22. The number of carbonyl (C=O) groups is 2. The molecule has 0 radical (unpaired) electrons. The number of nitrogens with zero attached hydrogens (tertiary/aromatic N) is 3. The average Bonchev–Trinajstić information content (AvgIpc) is 2.95. The molecule has 1 aromatic carbocycles. The molecule has 1 amide bonds. The molecule has 1 aliphatic heterocycles. The van der Waals surface area contributed by atoms with Crippen LogP contribution in [0.4, 0.5) is 10.5 Å². The fraction of sp³-hybridized carbons (Fsp3) is 0.438. The Labute approximate surface area is 148 Å². The molecule has 0 unspecified atom stereocenters. The van der Waals surface area contributed by atoms with Crippen molar-refractivity contribution in [3.05, 3.63) is 39.9 Å². The minimum absolute atomic E-state index is 0.0167. The highest BCUT2D eigenvalue weighted by Crippen LogP contribution is 2.30. The summed E-state index contributed by atoms with van der Waals surface area (Å²) in [4.78, 5) is 35.1. The molecule has 0 N–H and O–H groups in total. The van der Waals surface area contributed by atoms with Crippen molar-refractivity contribution in [3.8, 4) is 6.07 Å². The van der Waals surface area contributed by atoms with Crippen LogP contribution in [0.2, 0.25) is 0 Å². The highest BCUT2D eigenvalue weighted by atomic mass is 32.2. The van der Waals surface area contributed by atoms with Crippen LogP contribution in [0.5, 0.6) is 0 Å². The number of ether oxygens (including phenoxy) is 1. The molecule has 0 bridgehead atoms. The van der Waals surface area contributed by atoms with E-state index in [-0.39, 0.29) is 35.1 Å². The van der Waals surface area contributed by atoms with Crippen LogP contribution >= 0.6 is 11.8 Å². The van der Waals surface area contributed by atoms with Crippen LogP contribution in [0.15, 0.2) is 24.3 Å². The zero-order chi connectivity index (χ0) is 18.4. The Kier molecular flexibility index (Phi) is 6.36. The maximum absolute atomic E-state index is 12.3. The second-order valence-electron chi connectivity index (χ2n) is 5.61. The van der Waals surface area contributed by atoms with Crippen LogP contribution in [0.25, 0.3) is 0 Å². The lowest BCUT2D eigenvalue weighted by atomic mass is 10.2. The summed E-state index contributed by atoms with van der Waals surface area (Å²) < 4.78 is 5.26. The molecule has 8 nitrogen and oxygen atoms in total. The van der Waals surface area contributed by atoms with Crippen molar-refractivity contribution in [2.75, 3.05) is 6.54 Å². The van der Waals surface area contributed by atoms with Crippen molar-refractivity contribution >= 4 is 28.7 Å². The van der Waals surface area contributed by atoms with Crippen molar-refractivity contribution in [2.24, 2.45) is 0 Å². The van der Waals surface area contributed by atoms with E-state index in [4.69, 9.17) is 10.00 Å². The Morgan fingerprint density at radius 1 is 1.44 bits per heavy atom. The quantitative estimate of drug-likeness (QED) is 0.583. The van der Waals surface area contributed by atoms with Crippen LogP contribution in [0.3, 0.4) is 0 Å². The summed E-state index contributed by atoms with van der Waals surface area (Å²) in [7, 11) is 0. The van der Waals surface area contributed by atoms with Crippen LogP contribution in [0, 0.1) is 21.4 Å². The molecule has 25 heavy (non-hydrogen) atoms. The number of non-ortho nitro benzene ring substituents is 1. The van der Waals surface area contributed by atoms with Crippen molar-refractivity contribution in [1.29, 1.82) is 5.26 Å². The van der Waals surface area contributed by atoms with E-state index < -0.39 is 11.0 Å². The van der Waals surface area contributed by atoms with E-state index in [1.165, 1.54) is 47.9 Å². The standard InChI is InChI=1S/C16H17N3O5S/c1-11(20)25-15-8-14(6-7-17)18(9-15)16(21)24-10-12-2-4-13(5-3-12)19(22)23/h2-5,14-15H,6,8-10H2,1H3/t14-,15+/m0/s1. The van der Waals surface area contributed by atoms with Gasteiger partial charge >= 0.3 is 6.09 Å². The summed E-state index contributed by atoms with van der Waals surface area (Å²) in [5.41, 5.74) is 0.595. The fourth-order valence-electron chi connectivity index (χ4n) is 2.66. The minimum Gasteiger partial charge on any atom is -0.445 e. The van der Waals surface area contributed by atoms with Gasteiger partial charge in [0.05, 0.1) is 17.4 Å². The number of likely N-dealkylation sites (tertiary alicyclic amines) is 1. The van der Waals surface area contributed by atoms with E-state index in [1.807, 2.05) is 0 Å². The molecule has 0 aliphatic carbocycles. The molecule has 1 saturated heterocycles. The molecule has 1 fully saturated rings. The van der Waals surface area contributed by atoms with E-state index in [2.05, 4.69) is 6.07 Å². The van der Waals surface area contributed by atoms with E-state index in [1.54, 1.807) is 0 Å². The van der Waals surface area contributed by atoms with Crippen LogP contribution in [0.1, 0.15) is 25.3 Å². The summed E-state index contributed by atoms with van der Waals surface area (Å²) in [5.74, 6) is 0. The van der Waals surface area contributed by atoms with E-state index in [9.17, 15) is 19.7 Å². The lowest BCUT2D eigenvalue weighted by Crippen LogP contribution is -2.36. The third kappa shape index (κ3) is 5.19. The Bertz CT molecular complexity index is 701. The highest BCUT2D eigenvalue weighted by Gasteiger charge is 2.36. The van der Waals surface area contributed by atoms with Crippen LogP contribution < -0.4 is 0 Å². The molecule has 1 heterocycles. The number of carbonyl (C=O) groups excluding carboxylic acids is 2. The molecular weight excluding hydrogens is 346 g/mol. The number of hydrogen-bond donors (Lipinski definition) is 0. The first kappa shape index (κ1) is 18.7. The smallest absolute Gasteiger partial charge is 0.410 e. The Hall–Kier alpha value is -2.60. The summed E-state index contributed by atoms with van der Waals surface area (Å²) >= 11 is 1.17. The van der Waals surface area contributed by atoms with Gasteiger partial charge in [0.15, 0.2) is 5.12 Å². The predicted molar refractivity (Wildman–Crippen MR) is 90.7 cm³/mol. The number of benzene rings is 1. The van der Waals surface area contributed by atoms with Crippen LogP contribution in [-0.4, -0.2) is 38.9 Å². The first-order valence-corrected chi connectivity index (χ1v) is 8.49. The lowest BCUT2D eigenvalue weighted by molar-refractivity contribution is -0.384. The normalized spacial score (nSPS) is 19.3. The van der Waals surface area contributed by atoms with Gasteiger partial charge in [-0.3, -0.25) is 14.9 Å². The highest BCUT2D eigenvalue weighted by molar-refractivity contribution is 8.14. The van der Waals surface area contributed by atoms with Crippen molar-refractivity contribution < 1.29 is 19.2 Å². The zero-order valence-electron chi connectivity index (χ0n) is 13.6. The minimum atomic E-state index is -0.551. The van der Waals surface area contributed by atoms with Gasteiger partial charge in [-0.2, -0.15) is 5.26 Å². The Morgan fingerprint density at radius 2 is 2.12 bits per heavy atom. The zero-order valence-corrected chi connectivity index (χ0v) is 14.4. The molecule has 1 aromatic rings. The fourth-order valence-corrected chi connectivity index (χ4v) is 3.68. The van der Waals surface area contributed by atoms with Gasteiger partial charge < -0.3 is 9.64 Å². The van der Waals surface area contributed by atoms with Crippen molar-refractivity contribution in [2.45, 2.75) is 37.7 Å². The molecule has 0 aromatic heterocycles. The SMILES string of the molecule is CC(=O)S[C@@H]1C[C@H](CC#N)N(C(=O)OCc2ccc([N+](=O)[O-])cc2)C1. The largest absolute Gasteiger partial charge is 0.445 e. The monoisotopic (exact) mass is 363 g/mol.